The van der Waals surface area contributed by atoms with Crippen molar-refractivity contribution in [2.75, 3.05) is 18.0 Å². The first kappa shape index (κ1) is 14.3. The van der Waals surface area contributed by atoms with Crippen LogP contribution in [0.5, 0.6) is 0 Å². The van der Waals surface area contributed by atoms with Crippen molar-refractivity contribution in [3.63, 3.8) is 0 Å². The van der Waals surface area contributed by atoms with Crippen molar-refractivity contribution in [3.8, 4) is 11.3 Å². The van der Waals surface area contributed by atoms with E-state index in [2.05, 4.69) is 63.4 Å². The molecule has 1 fully saturated rings. The molecule has 0 saturated carbocycles. The van der Waals surface area contributed by atoms with E-state index >= 15 is 0 Å². The molecule has 4 nitrogen and oxygen atoms in total. The van der Waals surface area contributed by atoms with Crippen molar-refractivity contribution < 1.29 is 0 Å². The predicted molar refractivity (Wildman–Crippen MR) is 102 cm³/mol. The van der Waals surface area contributed by atoms with Crippen molar-refractivity contribution >= 4 is 27.6 Å². The van der Waals surface area contributed by atoms with Crippen LogP contribution >= 0.6 is 0 Å². The van der Waals surface area contributed by atoms with Gasteiger partial charge in [-0.05, 0) is 12.8 Å². The molecule has 1 saturated heterocycles. The van der Waals surface area contributed by atoms with Crippen molar-refractivity contribution in [3.05, 3.63) is 60.9 Å². The summed E-state index contributed by atoms with van der Waals surface area (Å²) >= 11 is 0. The molecule has 5 rings (SSSR count). The zero-order valence-corrected chi connectivity index (χ0v) is 13.9. The van der Waals surface area contributed by atoms with Crippen LogP contribution in [0, 0.1) is 0 Å². The van der Waals surface area contributed by atoms with Gasteiger partial charge >= 0.3 is 0 Å². The van der Waals surface area contributed by atoms with E-state index in [1.807, 2.05) is 6.07 Å². The van der Waals surface area contributed by atoms with Crippen molar-refractivity contribution in [1.82, 2.24) is 15.0 Å². The average Bonchev–Trinajstić information content (AvgIpc) is 3.22. The van der Waals surface area contributed by atoms with Gasteiger partial charge in [0.1, 0.15) is 17.4 Å². The maximum atomic E-state index is 5.05. The second kappa shape index (κ2) is 5.81. The Morgan fingerprint density at radius 3 is 2.24 bits per heavy atom. The summed E-state index contributed by atoms with van der Waals surface area (Å²) in [6.07, 6.45) is 4.10. The SMILES string of the molecule is c1ccc(-c2nc3c(N4CCCC4)ncnc3c3ccccc23)cc1. The first-order chi connectivity index (χ1) is 12.4. The fourth-order valence-electron chi connectivity index (χ4n) is 3.71. The molecule has 3 heterocycles. The van der Waals surface area contributed by atoms with Gasteiger partial charge in [-0.2, -0.15) is 0 Å². The molecule has 122 valence electrons. The highest BCUT2D eigenvalue weighted by Gasteiger charge is 2.20. The first-order valence-electron chi connectivity index (χ1n) is 8.75. The summed E-state index contributed by atoms with van der Waals surface area (Å²) in [6, 6.07) is 18.7. The second-order valence-electron chi connectivity index (χ2n) is 6.46. The van der Waals surface area contributed by atoms with Crippen LogP contribution in [0.3, 0.4) is 0 Å². The lowest BCUT2D eigenvalue weighted by atomic mass is 10.0. The largest absolute Gasteiger partial charge is 0.355 e. The molecule has 1 aliphatic rings. The molecule has 25 heavy (non-hydrogen) atoms. The summed E-state index contributed by atoms with van der Waals surface area (Å²) in [7, 11) is 0. The zero-order valence-electron chi connectivity index (χ0n) is 13.9. The summed E-state index contributed by atoms with van der Waals surface area (Å²) in [4.78, 5) is 16.5. The number of aromatic nitrogens is 3. The molecular weight excluding hydrogens is 308 g/mol. The number of pyridine rings is 1. The lowest BCUT2D eigenvalue weighted by Gasteiger charge is -2.18. The third kappa shape index (κ3) is 2.33. The van der Waals surface area contributed by atoms with Gasteiger partial charge in [0.25, 0.3) is 0 Å². The molecule has 0 unspecified atom stereocenters. The quantitative estimate of drug-likeness (QED) is 0.511. The molecule has 2 aromatic heterocycles. The minimum absolute atomic E-state index is 0.905. The molecule has 0 aliphatic carbocycles. The first-order valence-corrected chi connectivity index (χ1v) is 8.75. The number of anilines is 1. The highest BCUT2D eigenvalue weighted by atomic mass is 15.2. The predicted octanol–water partition coefficient (Wildman–Crippen LogP) is 4.45. The van der Waals surface area contributed by atoms with Gasteiger partial charge in [0.2, 0.25) is 0 Å². The van der Waals surface area contributed by atoms with Crippen LogP contribution in [0.1, 0.15) is 12.8 Å². The van der Waals surface area contributed by atoms with E-state index in [1.165, 1.54) is 12.8 Å². The minimum atomic E-state index is 0.905. The van der Waals surface area contributed by atoms with Crippen LogP contribution in [-0.4, -0.2) is 28.0 Å². The van der Waals surface area contributed by atoms with Gasteiger partial charge in [0.05, 0.1) is 5.69 Å². The van der Waals surface area contributed by atoms with E-state index in [9.17, 15) is 0 Å². The van der Waals surface area contributed by atoms with Crippen LogP contribution in [0.4, 0.5) is 5.82 Å². The van der Waals surface area contributed by atoms with Crippen molar-refractivity contribution in [2.24, 2.45) is 0 Å². The molecule has 0 spiro atoms. The Labute approximate surface area is 146 Å². The third-order valence-electron chi connectivity index (χ3n) is 4.92. The van der Waals surface area contributed by atoms with Gasteiger partial charge in [0, 0.05) is 29.4 Å². The molecule has 0 bridgehead atoms. The summed E-state index contributed by atoms with van der Waals surface area (Å²) < 4.78 is 0. The Morgan fingerprint density at radius 2 is 1.44 bits per heavy atom. The summed E-state index contributed by atoms with van der Waals surface area (Å²) in [6.45, 7) is 2.09. The van der Waals surface area contributed by atoms with Crippen LogP contribution in [-0.2, 0) is 0 Å². The number of hydrogen-bond acceptors (Lipinski definition) is 4. The lowest BCUT2D eigenvalue weighted by molar-refractivity contribution is 0.936. The Kier molecular flexibility index (Phi) is 3.33. The zero-order chi connectivity index (χ0) is 16.6. The molecular formula is C21H18N4. The van der Waals surface area contributed by atoms with Crippen LogP contribution in [0.15, 0.2) is 60.9 Å². The summed E-state index contributed by atoms with van der Waals surface area (Å²) in [5.74, 6) is 0.963. The second-order valence-corrected chi connectivity index (χ2v) is 6.46. The Balaban J connectivity index is 1.88. The number of fused-ring (bicyclic) bond motifs is 3. The fraction of sp³-hybridized carbons (Fsp3) is 0.190. The molecule has 4 heteroatoms. The number of benzene rings is 2. The van der Waals surface area contributed by atoms with E-state index in [0.717, 1.165) is 52.0 Å². The summed E-state index contributed by atoms with van der Waals surface area (Å²) in [5.41, 5.74) is 3.96. The maximum Gasteiger partial charge on any atom is 0.158 e. The molecule has 0 atom stereocenters. The van der Waals surface area contributed by atoms with Gasteiger partial charge < -0.3 is 4.90 Å². The Bertz CT molecular complexity index is 1050. The Hall–Kier alpha value is -3.01. The Morgan fingerprint density at radius 1 is 0.720 bits per heavy atom. The smallest absolute Gasteiger partial charge is 0.158 e. The fourth-order valence-corrected chi connectivity index (χ4v) is 3.71. The van der Waals surface area contributed by atoms with Crippen LogP contribution in [0.2, 0.25) is 0 Å². The average molecular weight is 326 g/mol. The van der Waals surface area contributed by atoms with Crippen LogP contribution in [0.25, 0.3) is 33.1 Å². The molecule has 0 radical (unpaired) electrons. The van der Waals surface area contributed by atoms with Crippen molar-refractivity contribution in [1.29, 1.82) is 0 Å². The van der Waals surface area contributed by atoms with Crippen molar-refractivity contribution in [2.45, 2.75) is 12.8 Å². The molecule has 1 aliphatic heterocycles. The van der Waals surface area contributed by atoms with E-state index < -0.39 is 0 Å². The summed E-state index contributed by atoms with van der Waals surface area (Å²) in [5, 5.41) is 2.27. The van der Waals surface area contributed by atoms with Gasteiger partial charge in [-0.3, -0.25) is 0 Å². The van der Waals surface area contributed by atoms with Gasteiger partial charge in [-0.15, -0.1) is 0 Å². The topological polar surface area (TPSA) is 41.9 Å². The molecule has 0 amide bonds. The van der Waals surface area contributed by atoms with Crippen LogP contribution < -0.4 is 4.90 Å². The highest BCUT2D eigenvalue weighted by Crippen LogP contribution is 2.34. The normalized spacial score (nSPS) is 14.5. The van der Waals surface area contributed by atoms with E-state index in [1.54, 1.807) is 6.33 Å². The maximum absolute atomic E-state index is 5.05. The monoisotopic (exact) mass is 326 g/mol. The van der Waals surface area contributed by atoms with Gasteiger partial charge in [0.15, 0.2) is 5.82 Å². The minimum Gasteiger partial charge on any atom is -0.355 e. The third-order valence-corrected chi connectivity index (χ3v) is 4.92. The highest BCUT2D eigenvalue weighted by molar-refractivity contribution is 6.11. The van der Waals surface area contributed by atoms with E-state index in [4.69, 9.17) is 4.98 Å². The van der Waals surface area contributed by atoms with E-state index in [-0.39, 0.29) is 0 Å². The number of nitrogens with zero attached hydrogens (tertiary/aromatic N) is 4. The van der Waals surface area contributed by atoms with Gasteiger partial charge in [-0.1, -0.05) is 54.6 Å². The molecule has 4 aromatic rings. The lowest BCUT2D eigenvalue weighted by Crippen LogP contribution is -2.19. The standard InChI is InChI=1S/C21H18N4/c1-2-8-15(9-3-1)18-16-10-4-5-11-17(16)19-20(24-18)21(23-14-22-19)25-12-6-7-13-25/h1-5,8-11,14H,6-7,12-13H2. The van der Waals surface area contributed by atoms with Gasteiger partial charge in [-0.25, -0.2) is 15.0 Å². The molecule has 0 N–H and O–H groups in total. The number of rotatable bonds is 2. The van der Waals surface area contributed by atoms with E-state index in [0.29, 0.717) is 0 Å². The number of hydrogen-bond donors (Lipinski definition) is 0. The molecule has 2 aromatic carbocycles.